The van der Waals surface area contributed by atoms with E-state index in [1.54, 1.807) is 0 Å². The molecule has 0 amide bonds. The number of hydrogen-bond acceptors (Lipinski definition) is 5. The highest BCUT2D eigenvalue weighted by atomic mass is 28.4. The van der Waals surface area contributed by atoms with Crippen LogP contribution in [0.5, 0.6) is 0 Å². The Kier molecular flexibility index (Phi) is 7.51. The van der Waals surface area contributed by atoms with Crippen LogP contribution in [0.25, 0.3) is 0 Å². The second kappa shape index (κ2) is 9.01. The predicted molar refractivity (Wildman–Crippen MR) is 151 cm³/mol. The van der Waals surface area contributed by atoms with E-state index in [9.17, 15) is 10.1 Å². The van der Waals surface area contributed by atoms with Gasteiger partial charge in [-0.25, -0.2) is 0 Å². The highest BCUT2D eigenvalue weighted by Gasteiger charge is 2.73. The molecule has 3 rings (SSSR count). The van der Waals surface area contributed by atoms with Gasteiger partial charge in [-0.1, -0.05) is 62.3 Å². The van der Waals surface area contributed by atoms with Crippen molar-refractivity contribution in [1.29, 1.82) is 5.26 Å². The highest BCUT2D eigenvalue weighted by molar-refractivity contribution is 6.74. The summed E-state index contributed by atoms with van der Waals surface area (Å²) in [7, 11) is -4.10. The average molecular weight is 536 g/mol. The zero-order valence-corrected chi connectivity index (χ0v) is 27.4. The number of hydrogen-bond donors (Lipinski definition) is 0. The Bertz CT molecular complexity index is 910. The standard InChI is InChI=1S/C29H53NO4Si2/c1-25(2,3)35(10,11)32-19-20-14-15-24(34-36(12,13)26(4,5)6)28(9)16-22-21(18-30)27(7,8)17-23(31)29(20,28)33-22/h20-22,24H,14-17,19H2,1-13H3/t20-,21-,22-,24+,28-,29+/m1/s1. The Morgan fingerprint density at radius 3 is 2.06 bits per heavy atom. The highest BCUT2D eigenvalue weighted by Crippen LogP contribution is 2.64. The maximum atomic E-state index is 14.4. The minimum Gasteiger partial charge on any atom is -0.416 e. The van der Waals surface area contributed by atoms with E-state index in [0.29, 0.717) is 19.4 Å². The van der Waals surface area contributed by atoms with Gasteiger partial charge in [-0.3, -0.25) is 4.79 Å². The third-order valence-electron chi connectivity index (χ3n) is 11.0. The van der Waals surface area contributed by atoms with Crippen molar-refractivity contribution in [2.24, 2.45) is 22.7 Å². The van der Waals surface area contributed by atoms with E-state index < -0.39 is 33.1 Å². The monoisotopic (exact) mass is 535 g/mol. The Hall–Kier alpha value is -0.526. The molecule has 7 heteroatoms. The Morgan fingerprint density at radius 1 is 1.00 bits per heavy atom. The molecule has 0 aromatic rings. The van der Waals surface area contributed by atoms with Crippen molar-refractivity contribution >= 4 is 22.4 Å². The molecule has 36 heavy (non-hydrogen) atoms. The maximum absolute atomic E-state index is 14.4. The molecule has 0 N–H and O–H groups in total. The van der Waals surface area contributed by atoms with Crippen molar-refractivity contribution in [3.63, 3.8) is 0 Å². The number of Topliss-reactive ketones (excluding diaryl/α,β-unsaturated/α-hetero) is 1. The molecular weight excluding hydrogens is 482 g/mol. The normalized spacial score (nSPS) is 37.3. The topological polar surface area (TPSA) is 68.6 Å². The molecule has 3 fully saturated rings. The number of carbonyl (C=O) groups is 1. The Labute approximate surface area is 223 Å². The van der Waals surface area contributed by atoms with E-state index in [2.05, 4.69) is 94.6 Å². The van der Waals surface area contributed by atoms with Gasteiger partial charge in [-0.15, -0.1) is 0 Å². The number of ketones is 1. The van der Waals surface area contributed by atoms with Gasteiger partial charge in [0.25, 0.3) is 0 Å². The number of carbonyl (C=O) groups excluding carboxylic acids is 1. The minimum atomic E-state index is -2.09. The second-order valence-electron chi connectivity index (χ2n) is 15.9. The molecule has 2 aliphatic heterocycles. The molecule has 2 bridgehead atoms. The predicted octanol–water partition coefficient (Wildman–Crippen LogP) is 7.48. The van der Waals surface area contributed by atoms with Crippen LogP contribution < -0.4 is 0 Å². The molecule has 1 saturated carbocycles. The van der Waals surface area contributed by atoms with Crippen molar-refractivity contribution in [3.05, 3.63) is 0 Å². The van der Waals surface area contributed by atoms with Crippen LogP contribution in [0.15, 0.2) is 0 Å². The molecule has 6 atom stereocenters. The lowest BCUT2D eigenvalue weighted by molar-refractivity contribution is -0.190. The fourth-order valence-corrected chi connectivity index (χ4v) is 8.95. The fourth-order valence-electron chi connectivity index (χ4n) is 6.45. The van der Waals surface area contributed by atoms with E-state index in [0.717, 1.165) is 12.8 Å². The zero-order chi connectivity index (χ0) is 27.8. The molecule has 0 aromatic carbocycles. The molecule has 2 heterocycles. The molecule has 3 aliphatic rings. The lowest BCUT2D eigenvalue weighted by atomic mass is 9.53. The van der Waals surface area contributed by atoms with Gasteiger partial charge in [0.15, 0.2) is 22.4 Å². The van der Waals surface area contributed by atoms with Gasteiger partial charge < -0.3 is 13.6 Å². The first-order valence-electron chi connectivity index (χ1n) is 14.0. The quantitative estimate of drug-likeness (QED) is 0.341. The summed E-state index contributed by atoms with van der Waals surface area (Å²) in [4.78, 5) is 14.4. The molecule has 1 aliphatic carbocycles. The van der Waals surface area contributed by atoms with Crippen LogP contribution in [0.1, 0.15) is 88.0 Å². The molecular formula is C29H53NO4Si2. The molecule has 0 unspecified atom stereocenters. The SMILES string of the molecule is CC1(C)CC(=O)[C@]23O[C@H](C[C@]2(C)[C@@H](O[Si](C)(C)C(C)(C)C)CC[C@@H]3CO[Si](C)(C)C(C)(C)C)[C@H]1C#N. The van der Waals surface area contributed by atoms with E-state index >= 15 is 0 Å². The number of fused-ring (bicyclic) bond motifs is 1. The van der Waals surface area contributed by atoms with Crippen LogP contribution in [0, 0.1) is 34.0 Å². The Morgan fingerprint density at radius 2 is 1.56 bits per heavy atom. The van der Waals surface area contributed by atoms with Crippen LogP contribution in [0.3, 0.4) is 0 Å². The largest absolute Gasteiger partial charge is 0.416 e. The van der Waals surface area contributed by atoms with Crippen molar-refractivity contribution in [2.75, 3.05) is 6.61 Å². The molecule has 1 spiro atoms. The Balaban J connectivity index is 2.09. The van der Waals surface area contributed by atoms with Crippen LogP contribution in [-0.2, 0) is 18.4 Å². The average Bonchev–Trinajstić information content (AvgIpc) is 2.96. The maximum Gasteiger partial charge on any atom is 0.192 e. The molecule has 0 aromatic heterocycles. The van der Waals surface area contributed by atoms with Crippen LogP contribution in [-0.4, -0.2) is 46.8 Å². The summed E-state index contributed by atoms with van der Waals surface area (Å²) in [5.74, 6) is -0.192. The van der Waals surface area contributed by atoms with E-state index in [1.807, 2.05) is 0 Å². The zero-order valence-electron chi connectivity index (χ0n) is 25.4. The number of nitriles is 1. The van der Waals surface area contributed by atoms with E-state index in [4.69, 9.17) is 13.6 Å². The smallest absolute Gasteiger partial charge is 0.192 e. The minimum absolute atomic E-state index is 0.0263. The summed E-state index contributed by atoms with van der Waals surface area (Å²) in [6.07, 6.45) is 2.48. The van der Waals surface area contributed by atoms with Crippen molar-refractivity contribution in [3.8, 4) is 6.07 Å². The molecule has 0 radical (unpaired) electrons. The van der Waals surface area contributed by atoms with Gasteiger partial charge in [0.05, 0.1) is 24.2 Å². The number of rotatable bonds is 5. The summed E-state index contributed by atoms with van der Waals surface area (Å²) in [6.45, 7) is 29.6. The summed E-state index contributed by atoms with van der Waals surface area (Å²) in [5.41, 5.74) is -1.86. The third kappa shape index (κ3) is 4.61. The first kappa shape index (κ1) is 30.0. The first-order chi connectivity index (χ1) is 16.1. The summed E-state index contributed by atoms with van der Waals surface area (Å²) < 4.78 is 20.8. The van der Waals surface area contributed by atoms with Gasteiger partial charge >= 0.3 is 0 Å². The van der Waals surface area contributed by atoms with Crippen molar-refractivity contribution in [2.45, 2.75) is 142 Å². The van der Waals surface area contributed by atoms with Gasteiger partial charge in [0.1, 0.15) is 5.60 Å². The van der Waals surface area contributed by atoms with Gasteiger partial charge in [0, 0.05) is 24.4 Å². The number of nitrogens with zero attached hydrogens (tertiary/aromatic N) is 1. The summed E-state index contributed by atoms with van der Waals surface area (Å²) >= 11 is 0. The van der Waals surface area contributed by atoms with Crippen LogP contribution in [0.4, 0.5) is 0 Å². The molecule has 5 nitrogen and oxygen atoms in total. The lowest BCUT2D eigenvalue weighted by Crippen LogP contribution is -2.66. The molecule has 2 saturated heterocycles. The summed E-state index contributed by atoms with van der Waals surface area (Å²) in [6, 6.07) is 2.55. The molecule has 206 valence electrons. The third-order valence-corrected chi connectivity index (χ3v) is 19.9. The summed E-state index contributed by atoms with van der Waals surface area (Å²) in [5, 5.41) is 10.4. The number of ether oxygens (including phenoxy) is 1. The van der Waals surface area contributed by atoms with Crippen molar-refractivity contribution < 1.29 is 18.4 Å². The first-order valence-corrected chi connectivity index (χ1v) is 19.8. The van der Waals surface area contributed by atoms with Gasteiger partial charge in [-0.2, -0.15) is 5.26 Å². The lowest BCUT2D eigenvalue weighted by Gasteiger charge is -2.56. The van der Waals surface area contributed by atoms with Crippen LogP contribution >= 0.6 is 0 Å². The van der Waals surface area contributed by atoms with Gasteiger partial charge in [0.2, 0.25) is 0 Å². The van der Waals surface area contributed by atoms with Crippen LogP contribution in [0.2, 0.25) is 36.3 Å². The fraction of sp³-hybridized carbons (Fsp3) is 0.931. The van der Waals surface area contributed by atoms with E-state index in [-0.39, 0.29) is 39.9 Å². The van der Waals surface area contributed by atoms with Gasteiger partial charge in [-0.05, 0) is 60.9 Å². The van der Waals surface area contributed by atoms with Crippen molar-refractivity contribution in [1.82, 2.24) is 0 Å². The van der Waals surface area contributed by atoms with E-state index in [1.165, 1.54) is 0 Å². The second-order valence-corrected chi connectivity index (χ2v) is 25.5.